The van der Waals surface area contributed by atoms with Crippen molar-refractivity contribution in [1.82, 2.24) is 26.2 Å². The van der Waals surface area contributed by atoms with Gasteiger partial charge in [0.15, 0.2) is 0 Å². The van der Waals surface area contributed by atoms with Crippen molar-refractivity contribution in [3.8, 4) is 0 Å². The van der Waals surface area contributed by atoms with Crippen LogP contribution in [0.25, 0.3) is 0 Å². The number of amides is 3. The molecule has 1 saturated heterocycles. The van der Waals surface area contributed by atoms with Crippen molar-refractivity contribution in [3.63, 3.8) is 0 Å². The molecule has 0 bridgehead atoms. The quantitative estimate of drug-likeness (QED) is 0.0960. The molecule has 1 fully saturated rings. The lowest BCUT2D eigenvalue weighted by molar-refractivity contribution is -0.145. The molecule has 1 aliphatic rings. The first-order valence-corrected chi connectivity index (χ1v) is 18.0. The third-order valence-electron chi connectivity index (χ3n) is 9.39. The lowest BCUT2D eigenvalue weighted by Crippen LogP contribution is -2.59. The molecule has 1 aliphatic heterocycles. The van der Waals surface area contributed by atoms with Gasteiger partial charge in [-0.15, -0.1) is 0 Å². The number of nitrogens with zero attached hydrogens (tertiary/aromatic N) is 1. The van der Waals surface area contributed by atoms with Crippen LogP contribution < -0.4 is 32.7 Å². The monoisotopic (exact) mass is 693 g/mol. The van der Waals surface area contributed by atoms with Gasteiger partial charge in [-0.05, 0) is 61.6 Å². The van der Waals surface area contributed by atoms with Crippen LogP contribution in [0.2, 0.25) is 0 Å². The second-order valence-electron chi connectivity index (χ2n) is 14.2. The largest absolute Gasteiger partial charge is 0.480 e. The van der Waals surface area contributed by atoms with E-state index < -0.39 is 29.5 Å². The number of likely N-dealkylation sites (tertiary alicyclic amines) is 1. The maximum Gasteiger partial charge on any atom is 0.323 e. The molecular weight excluding hydrogens is 634 g/mol. The fourth-order valence-corrected chi connectivity index (χ4v) is 6.29. The van der Waals surface area contributed by atoms with Crippen LogP contribution in [0.4, 0.5) is 0 Å². The van der Waals surface area contributed by atoms with Gasteiger partial charge < -0.3 is 42.7 Å². The number of carbonyl (C=O) groups is 4. The number of carboxylic acids is 1. The number of hydrogen-bond donors (Lipinski definition) is 7. The highest BCUT2D eigenvalue weighted by Crippen LogP contribution is 2.21. The summed E-state index contributed by atoms with van der Waals surface area (Å²) in [7, 11) is 0. The van der Waals surface area contributed by atoms with E-state index in [2.05, 4.69) is 45.2 Å². The Morgan fingerprint density at radius 3 is 2.08 bits per heavy atom. The van der Waals surface area contributed by atoms with E-state index in [4.69, 9.17) is 11.5 Å². The minimum atomic E-state index is -1.23. The van der Waals surface area contributed by atoms with E-state index >= 15 is 0 Å². The van der Waals surface area contributed by atoms with E-state index in [9.17, 15) is 24.3 Å². The van der Waals surface area contributed by atoms with Crippen LogP contribution in [-0.4, -0.2) is 96.6 Å². The summed E-state index contributed by atoms with van der Waals surface area (Å²) in [5.41, 5.74) is 12.7. The van der Waals surface area contributed by atoms with Crippen molar-refractivity contribution in [3.05, 3.63) is 71.8 Å². The lowest BCUT2D eigenvalue weighted by atomic mass is 9.88. The highest BCUT2D eigenvalue weighted by atomic mass is 16.4. The number of aliphatic carboxylic acids is 1. The number of carbonyl (C=O) groups excluding carboxylic acids is 3. The maximum absolute atomic E-state index is 13.9. The van der Waals surface area contributed by atoms with Gasteiger partial charge in [-0.3, -0.25) is 19.2 Å². The first kappa shape index (κ1) is 40.6. The van der Waals surface area contributed by atoms with Gasteiger partial charge in [-0.1, -0.05) is 87.9 Å². The zero-order valence-corrected chi connectivity index (χ0v) is 30.0. The van der Waals surface area contributed by atoms with E-state index in [1.54, 1.807) is 0 Å². The second-order valence-corrected chi connectivity index (χ2v) is 14.2. The first-order chi connectivity index (χ1) is 23.9. The predicted molar refractivity (Wildman–Crippen MR) is 196 cm³/mol. The summed E-state index contributed by atoms with van der Waals surface area (Å²) in [6.45, 7) is 8.82. The van der Waals surface area contributed by atoms with Crippen molar-refractivity contribution in [2.45, 2.75) is 95.3 Å². The average molecular weight is 694 g/mol. The lowest BCUT2D eigenvalue weighted by Gasteiger charge is -2.38. The van der Waals surface area contributed by atoms with Crippen LogP contribution in [0.15, 0.2) is 60.7 Å². The summed E-state index contributed by atoms with van der Waals surface area (Å²) in [4.78, 5) is 54.6. The summed E-state index contributed by atoms with van der Waals surface area (Å²) in [6.07, 6.45) is 3.65. The molecule has 12 nitrogen and oxygen atoms in total. The van der Waals surface area contributed by atoms with Gasteiger partial charge in [0.25, 0.3) is 0 Å². The second kappa shape index (κ2) is 20.7. The van der Waals surface area contributed by atoms with Crippen LogP contribution in [0.3, 0.4) is 0 Å². The number of carboxylic acid groups (broad SMARTS) is 1. The van der Waals surface area contributed by atoms with E-state index in [1.165, 1.54) is 5.56 Å². The molecule has 276 valence electrons. The van der Waals surface area contributed by atoms with Crippen LogP contribution >= 0.6 is 0 Å². The van der Waals surface area contributed by atoms with E-state index in [1.807, 2.05) is 62.4 Å². The Labute approximate surface area is 297 Å². The number of benzene rings is 2. The Balaban J connectivity index is 1.67. The smallest absolute Gasteiger partial charge is 0.323 e. The fourth-order valence-electron chi connectivity index (χ4n) is 6.29. The Kier molecular flexibility index (Phi) is 16.8. The first-order valence-electron chi connectivity index (χ1n) is 18.0. The summed E-state index contributed by atoms with van der Waals surface area (Å²) in [5, 5.41) is 21.8. The minimum absolute atomic E-state index is 0.0460. The molecule has 0 aliphatic carbocycles. The van der Waals surface area contributed by atoms with Crippen molar-refractivity contribution < 1.29 is 24.3 Å². The number of nitrogens with one attached hydrogen (secondary N) is 4. The van der Waals surface area contributed by atoms with Crippen molar-refractivity contribution in [2.24, 2.45) is 17.4 Å². The van der Waals surface area contributed by atoms with Gasteiger partial charge in [0.2, 0.25) is 17.7 Å². The average Bonchev–Trinajstić information content (AvgIpc) is 3.09. The summed E-state index contributed by atoms with van der Waals surface area (Å²) in [6, 6.07) is 17.6. The summed E-state index contributed by atoms with van der Waals surface area (Å²) in [5.74, 6) is -1.71. The molecule has 50 heavy (non-hydrogen) atoms. The van der Waals surface area contributed by atoms with Crippen molar-refractivity contribution >= 4 is 23.7 Å². The highest BCUT2D eigenvalue weighted by Gasteiger charge is 2.38. The molecule has 0 spiro atoms. The van der Waals surface area contributed by atoms with E-state index in [0.29, 0.717) is 58.4 Å². The molecule has 0 saturated carbocycles. The zero-order chi connectivity index (χ0) is 36.5. The Hall–Kier alpha value is -3.84. The molecule has 1 heterocycles. The van der Waals surface area contributed by atoms with Crippen LogP contribution in [0, 0.1) is 5.92 Å². The maximum atomic E-state index is 13.9. The van der Waals surface area contributed by atoms with Crippen molar-refractivity contribution in [2.75, 3.05) is 39.3 Å². The molecule has 3 amide bonds. The summed E-state index contributed by atoms with van der Waals surface area (Å²) >= 11 is 0. The Bertz CT molecular complexity index is 1340. The Morgan fingerprint density at radius 2 is 1.48 bits per heavy atom. The number of nitrogens with two attached hydrogens (primary N) is 2. The number of rotatable bonds is 21. The highest BCUT2D eigenvalue weighted by molar-refractivity contribution is 5.92. The third kappa shape index (κ3) is 13.8. The van der Waals surface area contributed by atoms with Gasteiger partial charge in [-0.25, -0.2) is 0 Å². The van der Waals surface area contributed by atoms with Crippen molar-refractivity contribution in [1.29, 1.82) is 0 Å². The molecule has 12 heteroatoms. The fraction of sp³-hybridized carbons (Fsp3) is 0.579. The molecule has 4 atom stereocenters. The SMILES string of the molecule is CC(C)C[C@@H](NC(=O)[C@@H](Cc1ccccc1)NC(=O)CNC[C@H](C)c1ccccc1)C(=O)N[C@H](CCCCN)CN1CCC(N)(C(=O)O)CC1. The number of piperidine rings is 1. The molecule has 9 N–H and O–H groups in total. The predicted octanol–water partition coefficient (Wildman–Crippen LogP) is 2.13. The van der Waals surface area contributed by atoms with Crippen LogP contribution in [-0.2, 0) is 25.6 Å². The van der Waals surface area contributed by atoms with Gasteiger partial charge >= 0.3 is 5.97 Å². The molecular formula is C38H59N7O5. The van der Waals surface area contributed by atoms with Gasteiger partial charge in [0.05, 0.1) is 6.54 Å². The van der Waals surface area contributed by atoms with Gasteiger partial charge in [0, 0.05) is 38.6 Å². The molecule has 2 aromatic rings. The molecule has 0 unspecified atom stereocenters. The number of hydrogen-bond acceptors (Lipinski definition) is 8. The third-order valence-corrected chi connectivity index (χ3v) is 9.39. The van der Waals surface area contributed by atoms with Gasteiger partial charge in [0.1, 0.15) is 17.6 Å². The standard InChI is InChI=1S/C38H59N7O5/c1-27(2)22-32(35(47)42-31(16-10-11-19-39)26-45-20-17-38(40,18-21-45)37(49)50)44-36(48)33(23-29-12-6-4-7-13-29)43-34(46)25-41-24-28(3)30-14-8-5-9-15-30/h4-9,12-15,27-28,31-33,41H,10-11,16-26,39-40H2,1-3H3,(H,42,47)(H,43,46)(H,44,48)(H,49,50)/t28-,31+,32+,33+/m0/s1. The molecule has 2 aromatic carbocycles. The Morgan fingerprint density at radius 1 is 0.860 bits per heavy atom. The number of unbranched alkanes of at least 4 members (excludes halogenated alkanes) is 1. The minimum Gasteiger partial charge on any atom is -0.480 e. The molecule has 0 aromatic heterocycles. The van der Waals surface area contributed by atoms with E-state index in [-0.39, 0.29) is 42.7 Å². The normalized spacial score (nSPS) is 16.9. The van der Waals surface area contributed by atoms with Crippen LogP contribution in [0.5, 0.6) is 0 Å². The molecule has 3 rings (SSSR count). The van der Waals surface area contributed by atoms with Crippen LogP contribution in [0.1, 0.15) is 76.3 Å². The van der Waals surface area contributed by atoms with Gasteiger partial charge in [-0.2, -0.15) is 0 Å². The molecule has 0 radical (unpaired) electrons. The zero-order valence-electron chi connectivity index (χ0n) is 30.0. The van der Waals surface area contributed by atoms with E-state index in [0.717, 1.165) is 18.4 Å². The summed E-state index contributed by atoms with van der Waals surface area (Å²) < 4.78 is 0. The topological polar surface area (TPSA) is 192 Å².